The van der Waals surface area contributed by atoms with E-state index in [2.05, 4.69) is 20.4 Å². The Morgan fingerprint density at radius 3 is 2.73 bits per heavy atom. The second-order valence-corrected chi connectivity index (χ2v) is 12.6. The second-order valence-electron chi connectivity index (χ2n) is 8.54. The van der Waals surface area contributed by atoms with Crippen LogP contribution < -0.4 is 11.1 Å². The molecule has 2 amide bonds. The van der Waals surface area contributed by atoms with Gasteiger partial charge in [0.05, 0.1) is 5.69 Å². The highest BCUT2D eigenvalue weighted by Gasteiger charge is 2.54. The van der Waals surface area contributed by atoms with E-state index in [4.69, 9.17) is 10.6 Å². The van der Waals surface area contributed by atoms with E-state index in [0.29, 0.717) is 26.9 Å². The number of carbonyl (C=O) groups excluding carboxylic acids is 2. The number of thiazole rings is 2. The zero-order chi connectivity index (χ0) is 29.3. The summed E-state index contributed by atoms with van der Waals surface area (Å²) in [5, 5.41) is 38.7. The predicted molar refractivity (Wildman–Crippen MR) is 156 cm³/mol. The number of nitrogens with one attached hydrogen (secondary N) is 1. The summed E-state index contributed by atoms with van der Waals surface area (Å²) in [6.07, 6.45) is 0. The number of thioether (sulfide) groups is 2. The molecule has 4 heterocycles. The number of rotatable bonds is 10. The molecule has 0 spiro atoms. The number of aromatic nitrogens is 2. The Morgan fingerprint density at radius 1 is 1.24 bits per heavy atom. The number of aliphatic carboxylic acids is 1. The summed E-state index contributed by atoms with van der Waals surface area (Å²) < 4.78 is 0.667. The van der Waals surface area contributed by atoms with Gasteiger partial charge in [-0.3, -0.25) is 14.5 Å². The molecule has 0 saturated carbocycles. The monoisotopic (exact) mass is 634 g/mol. The van der Waals surface area contributed by atoms with Gasteiger partial charge in [-0.15, -0.1) is 34.4 Å². The molecule has 2 aliphatic rings. The van der Waals surface area contributed by atoms with Gasteiger partial charge in [0, 0.05) is 27.8 Å². The van der Waals surface area contributed by atoms with Crippen molar-refractivity contribution < 1.29 is 34.5 Å². The first-order valence-electron chi connectivity index (χ1n) is 11.9. The minimum Gasteiger partial charge on any atom is -0.504 e. The zero-order valence-corrected chi connectivity index (χ0v) is 24.4. The number of nitrogen functional groups attached to an aromatic ring is 1. The molecule has 1 fully saturated rings. The maximum Gasteiger partial charge on any atom is 0.352 e. The number of oxime groups is 1. The number of hydrogen-bond acceptors (Lipinski definition) is 14. The van der Waals surface area contributed by atoms with Crippen molar-refractivity contribution in [1.82, 2.24) is 20.2 Å². The number of hydrogen-bond donors (Lipinski definition) is 5. The van der Waals surface area contributed by atoms with E-state index in [1.165, 1.54) is 51.9 Å². The normalized spacial score (nSPS) is 18.6. The summed E-state index contributed by atoms with van der Waals surface area (Å²) in [7, 11) is 0. The number of phenolic OH excluding ortho intramolecular Hbond substituents is 2. The summed E-state index contributed by atoms with van der Waals surface area (Å²) in [4.78, 5) is 53.2. The van der Waals surface area contributed by atoms with Gasteiger partial charge in [-0.25, -0.2) is 14.8 Å². The minimum absolute atomic E-state index is 0.104. The van der Waals surface area contributed by atoms with Crippen molar-refractivity contribution in [2.75, 3.05) is 23.8 Å². The number of nitrogens with zero attached hydrogens (tertiary/aromatic N) is 4. The van der Waals surface area contributed by atoms with Crippen molar-refractivity contribution in [3.05, 3.63) is 45.9 Å². The maximum atomic E-state index is 13.1. The summed E-state index contributed by atoms with van der Waals surface area (Å²) in [6, 6.07) is 3.45. The summed E-state index contributed by atoms with van der Waals surface area (Å²) in [5.41, 5.74) is 7.42. The molecular formula is C24H22N6O7S4. The number of fused-ring (bicyclic) bond motifs is 1. The van der Waals surface area contributed by atoms with Gasteiger partial charge in [-0.05, 0) is 30.7 Å². The van der Waals surface area contributed by atoms with E-state index in [0.717, 1.165) is 11.3 Å². The first-order chi connectivity index (χ1) is 19.7. The molecule has 1 saturated heterocycles. The van der Waals surface area contributed by atoms with E-state index in [1.807, 2.05) is 0 Å². The second kappa shape index (κ2) is 12.0. The van der Waals surface area contributed by atoms with E-state index in [-0.39, 0.29) is 46.1 Å². The van der Waals surface area contributed by atoms with Crippen LogP contribution in [0, 0.1) is 0 Å². The zero-order valence-electron chi connectivity index (χ0n) is 21.1. The van der Waals surface area contributed by atoms with Crippen molar-refractivity contribution in [3.8, 4) is 22.8 Å². The first-order valence-corrected chi connectivity index (χ1v) is 15.7. The van der Waals surface area contributed by atoms with Crippen LogP contribution in [0.4, 0.5) is 5.13 Å². The third-order valence-corrected chi connectivity index (χ3v) is 10.0. The van der Waals surface area contributed by atoms with Gasteiger partial charge in [0.1, 0.15) is 29.4 Å². The topological polar surface area (TPSA) is 201 Å². The fourth-order valence-electron chi connectivity index (χ4n) is 4.02. The van der Waals surface area contributed by atoms with E-state index in [1.54, 1.807) is 23.8 Å². The number of aromatic hydroxyl groups is 2. The number of anilines is 1. The average molecular weight is 635 g/mol. The van der Waals surface area contributed by atoms with Crippen LogP contribution in [0.5, 0.6) is 11.5 Å². The molecule has 17 heteroatoms. The highest BCUT2D eigenvalue weighted by molar-refractivity contribution is 8.01. The van der Waals surface area contributed by atoms with Crippen LogP contribution in [-0.2, 0) is 19.2 Å². The Kier molecular flexibility index (Phi) is 8.39. The maximum absolute atomic E-state index is 13.1. The molecule has 2 aromatic heterocycles. The standard InChI is InChI=1S/C24H22N6O7S4/c1-2-37-29-16(13-9-39-23(25)26-13)19(33)28-17-20(34)30-18(22(35)36)11(6-38-21(17)30)7-40-24-27-12(8-41-24)10-3-4-14(31)15(32)5-10/h3-5,8-9,17,21,31-32H,2,6-7H2,1H3,(H2,25,26)(H,28,33)(H,35,36)/t17-,21+/m1/s1. The van der Waals surface area contributed by atoms with Crippen molar-refractivity contribution in [3.63, 3.8) is 0 Å². The fraction of sp³-hybridized carbons (Fsp3) is 0.250. The van der Waals surface area contributed by atoms with Crippen LogP contribution in [0.1, 0.15) is 12.6 Å². The van der Waals surface area contributed by atoms with Gasteiger partial charge in [0.15, 0.2) is 26.7 Å². The van der Waals surface area contributed by atoms with Gasteiger partial charge >= 0.3 is 5.97 Å². The summed E-state index contributed by atoms with van der Waals surface area (Å²) in [6.45, 7) is 1.91. The lowest BCUT2D eigenvalue weighted by molar-refractivity contribution is -0.150. The van der Waals surface area contributed by atoms with Crippen LogP contribution >= 0.6 is 46.2 Å². The van der Waals surface area contributed by atoms with E-state index < -0.39 is 29.2 Å². The lowest BCUT2D eigenvalue weighted by atomic mass is 10.0. The molecular weight excluding hydrogens is 613 g/mol. The number of benzene rings is 1. The molecule has 5 rings (SSSR count). The molecule has 0 unspecified atom stereocenters. The van der Waals surface area contributed by atoms with Gasteiger partial charge in [-0.1, -0.05) is 16.9 Å². The number of nitrogens with two attached hydrogens (primary N) is 1. The van der Waals surface area contributed by atoms with Crippen LogP contribution in [0.2, 0.25) is 0 Å². The Hall–Kier alpha value is -3.80. The van der Waals surface area contributed by atoms with Gasteiger partial charge in [0.2, 0.25) is 0 Å². The molecule has 3 aromatic rings. The number of β-lactam (4-membered cyclic amide) rings is 1. The Balaban J connectivity index is 1.28. The molecule has 0 radical (unpaired) electrons. The molecule has 214 valence electrons. The van der Waals surface area contributed by atoms with Crippen LogP contribution in [0.25, 0.3) is 11.3 Å². The molecule has 41 heavy (non-hydrogen) atoms. The Bertz CT molecular complexity index is 1590. The Labute approximate surface area is 249 Å². The number of amides is 2. The highest BCUT2D eigenvalue weighted by Crippen LogP contribution is 2.42. The summed E-state index contributed by atoms with van der Waals surface area (Å²) in [5.74, 6) is -2.34. The summed E-state index contributed by atoms with van der Waals surface area (Å²) >= 11 is 5.15. The molecule has 2 atom stereocenters. The highest BCUT2D eigenvalue weighted by atomic mass is 32.2. The largest absolute Gasteiger partial charge is 0.504 e. The van der Waals surface area contributed by atoms with Gasteiger partial charge in [-0.2, -0.15) is 0 Å². The van der Waals surface area contributed by atoms with Crippen molar-refractivity contribution >= 4 is 74.8 Å². The molecule has 13 nitrogen and oxygen atoms in total. The number of carboxylic acids is 1. The third kappa shape index (κ3) is 5.83. The van der Waals surface area contributed by atoms with Crippen LogP contribution in [-0.4, -0.2) is 83.2 Å². The first kappa shape index (κ1) is 28.7. The van der Waals surface area contributed by atoms with E-state index >= 15 is 0 Å². The molecule has 1 aromatic carbocycles. The average Bonchev–Trinajstić information content (AvgIpc) is 3.60. The third-order valence-electron chi connectivity index (χ3n) is 5.93. The van der Waals surface area contributed by atoms with Crippen molar-refractivity contribution in [2.24, 2.45) is 5.16 Å². The van der Waals surface area contributed by atoms with Gasteiger partial charge in [0.25, 0.3) is 11.8 Å². The lowest BCUT2D eigenvalue weighted by Gasteiger charge is -2.49. The quantitative estimate of drug-likeness (QED) is 0.0719. The number of phenols is 2. The Morgan fingerprint density at radius 2 is 2.05 bits per heavy atom. The van der Waals surface area contributed by atoms with Gasteiger partial charge < -0.3 is 31.2 Å². The number of carbonyl (C=O) groups is 3. The van der Waals surface area contributed by atoms with Crippen molar-refractivity contribution in [2.45, 2.75) is 22.7 Å². The molecule has 0 bridgehead atoms. The van der Waals surface area contributed by atoms with Crippen molar-refractivity contribution in [1.29, 1.82) is 0 Å². The molecule has 0 aliphatic carbocycles. The van der Waals surface area contributed by atoms with Crippen LogP contribution in [0.3, 0.4) is 0 Å². The lowest BCUT2D eigenvalue weighted by Crippen LogP contribution is -2.71. The predicted octanol–water partition coefficient (Wildman–Crippen LogP) is 2.53. The SMILES string of the molecule is CCON=C(C(=O)N[C@@H]1C(=O)N2C(C(=O)O)=C(CSc3nc(-c4ccc(O)c(O)c4)cs3)CS[C@@H]12)c1csc(N)n1. The number of carboxylic acid groups (broad SMARTS) is 1. The van der Waals surface area contributed by atoms with E-state index in [9.17, 15) is 29.7 Å². The van der Waals surface area contributed by atoms with Crippen LogP contribution in [0.15, 0.2) is 49.7 Å². The smallest absolute Gasteiger partial charge is 0.352 e. The molecule has 2 aliphatic heterocycles. The minimum atomic E-state index is -1.24. The fourth-order valence-corrected chi connectivity index (χ4v) is 7.89. The molecule has 6 N–H and O–H groups in total.